The molecule has 2 N–H and O–H groups in total. The van der Waals surface area contributed by atoms with Gasteiger partial charge in [-0.1, -0.05) is 12.1 Å². The van der Waals surface area contributed by atoms with E-state index in [1.54, 1.807) is 0 Å². The number of hydrogen-bond donors (Lipinski definition) is 1. The Morgan fingerprint density at radius 1 is 1.33 bits per heavy atom. The summed E-state index contributed by atoms with van der Waals surface area (Å²) in [5.41, 5.74) is 9.37. The number of hydrogen-bond acceptors (Lipinski definition) is 2. The van der Waals surface area contributed by atoms with Gasteiger partial charge >= 0.3 is 0 Å². The van der Waals surface area contributed by atoms with Crippen LogP contribution in [0.4, 0.5) is 0 Å². The van der Waals surface area contributed by atoms with Gasteiger partial charge in [0.15, 0.2) is 0 Å². The monoisotopic (exact) mass is 200 g/mol. The molecule has 0 spiro atoms. The van der Waals surface area contributed by atoms with Crippen molar-refractivity contribution < 1.29 is 0 Å². The summed E-state index contributed by atoms with van der Waals surface area (Å²) in [5.74, 6) is 0. The molecule has 0 bridgehead atoms. The predicted molar refractivity (Wildman–Crippen MR) is 63.8 cm³/mol. The largest absolute Gasteiger partial charge is 0.328 e. The third-order valence-electron chi connectivity index (χ3n) is 2.58. The average molecular weight is 200 g/mol. The van der Waals surface area contributed by atoms with Crippen molar-refractivity contribution in [3.05, 3.63) is 41.6 Å². The molecule has 0 aliphatic rings. The fourth-order valence-electron chi connectivity index (χ4n) is 1.84. The van der Waals surface area contributed by atoms with Gasteiger partial charge in [0.25, 0.3) is 0 Å². The highest BCUT2D eigenvalue weighted by molar-refractivity contribution is 5.82. The molecule has 2 aromatic rings. The van der Waals surface area contributed by atoms with Crippen molar-refractivity contribution in [2.24, 2.45) is 5.73 Å². The number of rotatable bonds is 2. The first-order valence-electron chi connectivity index (χ1n) is 5.26. The molecule has 0 amide bonds. The molecule has 1 atom stereocenters. The third-order valence-corrected chi connectivity index (χ3v) is 2.58. The van der Waals surface area contributed by atoms with E-state index in [9.17, 15) is 0 Å². The molecule has 2 heteroatoms. The number of aryl methyl sites for hydroxylation is 1. The minimum Gasteiger partial charge on any atom is -0.328 e. The van der Waals surface area contributed by atoms with Gasteiger partial charge in [-0.05, 0) is 43.5 Å². The van der Waals surface area contributed by atoms with Crippen LogP contribution in [0, 0.1) is 6.92 Å². The Morgan fingerprint density at radius 2 is 2.13 bits per heavy atom. The van der Waals surface area contributed by atoms with Crippen molar-refractivity contribution in [2.45, 2.75) is 26.3 Å². The van der Waals surface area contributed by atoms with E-state index in [1.807, 2.05) is 19.2 Å². The van der Waals surface area contributed by atoms with Crippen molar-refractivity contribution in [2.75, 3.05) is 0 Å². The molecule has 2 nitrogen and oxygen atoms in total. The Kier molecular flexibility index (Phi) is 2.69. The minimum atomic E-state index is 0.201. The fraction of sp³-hybridized carbons (Fsp3) is 0.308. The standard InChI is InChI=1S/C13H16N2/c1-9-5-6-15-13-8-11(7-10(2)14)3-4-12(9)13/h3-6,8,10H,7,14H2,1-2H3. The number of nitrogens with zero attached hydrogens (tertiary/aromatic N) is 1. The number of aromatic nitrogens is 1. The van der Waals surface area contributed by atoms with Crippen LogP contribution < -0.4 is 5.73 Å². The van der Waals surface area contributed by atoms with Crippen LogP contribution in [0.3, 0.4) is 0 Å². The van der Waals surface area contributed by atoms with Crippen molar-refractivity contribution in [3.8, 4) is 0 Å². The molecule has 78 valence electrons. The van der Waals surface area contributed by atoms with E-state index in [1.165, 1.54) is 16.5 Å². The van der Waals surface area contributed by atoms with Gasteiger partial charge in [0.05, 0.1) is 5.52 Å². The Hall–Kier alpha value is -1.41. The first-order chi connectivity index (χ1) is 7.16. The Morgan fingerprint density at radius 3 is 2.87 bits per heavy atom. The normalized spacial score (nSPS) is 13.0. The molecular weight excluding hydrogens is 184 g/mol. The van der Waals surface area contributed by atoms with E-state index in [4.69, 9.17) is 5.73 Å². The van der Waals surface area contributed by atoms with E-state index >= 15 is 0 Å². The van der Waals surface area contributed by atoms with Crippen LogP contribution in [0.15, 0.2) is 30.5 Å². The van der Waals surface area contributed by atoms with Gasteiger partial charge in [0.2, 0.25) is 0 Å². The maximum absolute atomic E-state index is 5.78. The molecular formula is C13H16N2. The zero-order chi connectivity index (χ0) is 10.8. The van der Waals surface area contributed by atoms with Gasteiger partial charge < -0.3 is 5.73 Å². The quantitative estimate of drug-likeness (QED) is 0.808. The van der Waals surface area contributed by atoms with Gasteiger partial charge in [-0.15, -0.1) is 0 Å². The summed E-state index contributed by atoms with van der Waals surface area (Å²) >= 11 is 0. The summed E-state index contributed by atoms with van der Waals surface area (Å²) in [6.07, 6.45) is 2.76. The number of nitrogens with two attached hydrogens (primary N) is 1. The van der Waals surface area contributed by atoms with Crippen LogP contribution >= 0.6 is 0 Å². The smallest absolute Gasteiger partial charge is 0.0707 e. The summed E-state index contributed by atoms with van der Waals surface area (Å²) in [5, 5.41) is 1.23. The lowest BCUT2D eigenvalue weighted by atomic mass is 10.0. The van der Waals surface area contributed by atoms with E-state index in [2.05, 4.69) is 30.1 Å². The summed E-state index contributed by atoms with van der Waals surface area (Å²) in [7, 11) is 0. The summed E-state index contributed by atoms with van der Waals surface area (Å²) in [4.78, 5) is 4.37. The van der Waals surface area contributed by atoms with Gasteiger partial charge in [-0.2, -0.15) is 0 Å². The van der Waals surface area contributed by atoms with Crippen molar-refractivity contribution >= 4 is 10.9 Å². The number of benzene rings is 1. The fourth-order valence-corrected chi connectivity index (χ4v) is 1.84. The molecule has 0 saturated heterocycles. The maximum Gasteiger partial charge on any atom is 0.0707 e. The second-order valence-electron chi connectivity index (χ2n) is 4.16. The highest BCUT2D eigenvalue weighted by atomic mass is 14.6. The second-order valence-corrected chi connectivity index (χ2v) is 4.16. The van der Waals surface area contributed by atoms with E-state index in [0.29, 0.717) is 0 Å². The van der Waals surface area contributed by atoms with E-state index < -0.39 is 0 Å². The molecule has 1 aromatic heterocycles. The molecule has 0 aliphatic heterocycles. The minimum absolute atomic E-state index is 0.201. The van der Waals surface area contributed by atoms with Crippen molar-refractivity contribution in [1.29, 1.82) is 0 Å². The van der Waals surface area contributed by atoms with Gasteiger partial charge in [0, 0.05) is 17.6 Å². The summed E-state index contributed by atoms with van der Waals surface area (Å²) < 4.78 is 0. The second kappa shape index (κ2) is 3.99. The Bertz CT molecular complexity index is 475. The Labute approximate surface area is 90.1 Å². The first-order valence-corrected chi connectivity index (χ1v) is 5.26. The van der Waals surface area contributed by atoms with Crippen molar-refractivity contribution in [1.82, 2.24) is 4.98 Å². The number of fused-ring (bicyclic) bond motifs is 1. The lowest BCUT2D eigenvalue weighted by Gasteiger charge is -2.07. The zero-order valence-corrected chi connectivity index (χ0v) is 9.20. The van der Waals surface area contributed by atoms with Crippen LogP contribution in [0.1, 0.15) is 18.1 Å². The maximum atomic E-state index is 5.78. The molecule has 1 unspecified atom stereocenters. The van der Waals surface area contributed by atoms with Crippen LogP contribution in [0.2, 0.25) is 0 Å². The lowest BCUT2D eigenvalue weighted by Crippen LogP contribution is -2.17. The van der Waals surface area contributed by atoms with Gasteiger partial charge in [0.1, 0.15) is 0 Å². The molecule has 2 rings (SSSR count). The highest BCUT2D eigenvalue weighted by Crippen LogP contribution is 2.17. The summed E-state index contributed by atoms with van der Waals surface area (Å²) in [6.45, 7) is 4.13. The number of pyridine rings is 1. The molecule has 0 aliphatic carbocycles. The van der Waals surface area contributed by atoms with Crippen LogP contribution in [0.25, 0.3) is 10.9 Å². The topological polar surface area (TPSA) is 38.9 Å². The van der Waals surface area contributed by atoms with Crippen LogP contribution in [-0.4, -0.2) is 11.0 Å². The average Bonchev–Trinajstić information content (AvgIpc) is 2.17. The molecule has 15 heavy (non-hydrogen) atoms. The molecule has 1 heterocycles. The molecule has 0 fully saturated rings. The lowest BCUT2D eigenvalue weighted by molar-refractivity contribution is 0.738. The summed E-state index contributed by atoms with van der Waals surface area (Å²) in [6, 6.07) is 8.64. The third kappa shape index (κ3) is 2.16. The Balaban J connectivity index is 2.48. The molecule has 0 radical (unpaired) electrons. The zero-order valence-electron chi connectivity index (χ0n) is 9.20. The highest BCUT2D eigenvalue weighted by Gasteiger charge is 2.01. The van der Waals surface area contributed by atoms with Gasteiger partial charge in [-0.3, -0.25) is 4.98 Å². The van der Waals surface area contributed by atoms with Crippen LogP contribution in [-0.2, 0) is 6.42 Å². The van der Waals surface area contributed by atoms with Crippen LogP contribution in [0.5, 0.6) is 0 Å². The predicted octanol–water partition coefficient (Wildman–Crippen LogP) is 2.43. The van der Waals surface area contributed by atoms with Gasteiger partial charge in [-0.25, -0.2) is 0 Å². The first kappa shape index (κ1) is 10.1. The molecule has 1 aromatic carbocycles. The van der Waals surface area contributed by atoms with E-state index in [0.717, 1.165) is 11.9 Å². The molecule has 0 saturated carbocycles. The van der Waals surface area contributed by atoms with Crippen molar-refractivity contribution in [3.63, 3.8) is 0 Å². The SMILES string of the molecule is Cc1ccnc2cc(CC(C)N)ccc12. The van der Waals surface area contributed by atoms with E-state index in [-0.39, 0.29) is 6.04 Å².